The molecule has 0 bridgehead atoms. The van der Waals surface area contributed by atoms with Crippen LogP contribution in [0.3, 0.4) is 0 Å². The maximum atomic E-state index is 12.2. The summed E-state index contributed by atoms with van der Waals surface area (Å²) >= 11 is 0. The van der Waals surface area contributed by atoms with E-state index in [1.54, 1.807) is 12.1 Å². The minimum absolute atomic E-state index is 0.127. The summed E-state index contributed by atoms with van der Waals surface area (Å²) in [6.07, 6.45) is 1.88. The lowest BCUT2D eigenvalue weighted by molar-refractivity contribution is 0.538. The van der Waals surface area contributed by atoms with E-state index in [2.05, 4.69) is 26.8 Å². The van der Waals surface area contributed by atoms with Crippen LogP contribution >= 0.6 is 0 Å². The topological polar surface area (TPSA) is 61.4 Å². The van der Waals surface area contributed by atoms with Gasteiger partial charge in [-0.1, -0.05) is 5.92 Å². The number of hydrogen-bond donors (Lipinski definition) is 2. The van der Waals surface area contributed by atoms with Gasteiger partial charge in [0.1, 0.15) is 6.04 Å². The Bertz CT molecular complexity index is 684. The van der Waals surface area contributed by atoms with E-state index in [4.69, 9.17) is 0 Å². The molecule has 2 aliphatic rings. The minimum atomic E-state index is -3.38. The Morgan fingerprint density at radius 1 is 1.27 bits per heavy atom. The van der Waals surface area contributed by atoms with Gasteiger partial charge >= 0.3 is 0 Å². The maximum Gasteiger partial charge on any atom is 0.240 e. The molecule has 1 aliphatic carbocycles. The van der Waals surface area contributed by atoms with Gasteiger partial charge in [-0.3, -0.25) is 0 Å². The normalized spacial score (nSPS) is 22.0. The summed E-state index contributed by atoms with van der Waals surface area (Å²) in [7, 11) is -3.38. The second kappa shape index (κ2) is 6.29. The highest BCUT2D eigenvalue weighted by atomic mass is 32.2. The van der Waals surface area contributed by atoms with Crippen LogP contribution in [0.25, 0.3) is 0 Å². The van der Waals surface area contributed by atoms with Crippen LogP contribution in [-0.2, 0) is 10.0 Å². The lowest BCUT2D eigenvalue weighted by Gasteiger charge is -2.35. The molecule has 1 atom stereocenters. The van der Waals surface area contributed by atoms with Crippen molar-refractivity contribution < 1.29 is 8.42 Å². The van der Waals surface area contributed by atoms with E-state index in [9.17, 15) is 8.42 Å². The van der Waals surface area contributed by atoms with Gasteiger partial charge in [0.05, 0.1) is 4.90 Å². The molecule has 1 saturated heterocycles. The van der Waals surface area contributed by atoms with Gasteiger partial charge in [0, 0.05) is 31.4 Å². The van der Waals surface area contributed by atoms with Gasteiger partial charge in [0.25, 0.3) is 0 Å². The fourth-order valence-electron chi connectivity index (χ4n) is 2.61. The van der Waals surface area contributed by atoms with E-state index in [1.807, 2.05) is 19.1 Å². The summed E-state index contributed by atoms with van der Waals surface area (Å²) in [6, 6.07) is 7.36. The van der Waals surface area contributed by atoms with Crippen molar-refractivity contribution >= 4 is 15.7 Å². The molecule has 1 heterocycles. The number of nitrogens with one attached hydrogen (secondary N) is 2. The maximum absolute atomic E-state index is 12.2. The summed E-state index contributed by atoms with van der Waals surface area (Å²) in [4.78, 5) is 2.55. The highest BCUT2D eigenvalue weighted by Gasteiger charge is 2.28. The van der Waals surface area contributed by atoms with Gasteiger partial charge in [0.2, 0.25) is 10.0 Å². The average molecular weight is 319 g/mol. The van der Waals surface area contributed by atoms with E-state index in [-0.39, 0.29) is 12.1 Å². The molecule has 6 heteroatoms. The molecule has 1 aliphatic heterocycles. The molecule has 0 radical (unpaired) electrons. The van der Waals surface area contributed by atoms with Crippen molar-refractivity contribution in [3.05, 3.63) is 24.3 Å². The van der Waals surface area contributed by atoms with Crippen molar-refractivity contribution in [1.82, 2.24) is 10.0 Å². The largest absolute Gasteiger partial charge is 0.355 e. The lowest BCUT2D eigenvalue weighted by Crippen LogP contribution is -2.50. The first-order valence-corrected chi connectivity index (χ1v) is 9.10. The summed E-state index contributed by atoms with van der Waals surface area (Å²) in [5, 5.41) is 3.33. The van der Waals surface area contributed by atoms with Gasteiger partial charge in [-0.05, 0) is 44.0 Å². The molecule has 3 rings (SSSR count). The van der Waals surface area contributed by atoms with Gasteiger partial charge in [-0.15, -0.1) is 5.92 Å². The first-order chi connectivity index (χ1) is 10.6. The number of benzene rings is 1. The van der Waals surface area contributed by atoms with Gasteiger partial charge < -0.3 is 10.2 Å². The molecule has 2 fully saturated rings. The summed E-state index contributed by atoms with van der Waals surface area (Å²) in [5.41, 5.74) is 1.01. The van der Waals surface area contributed by atoms with E-state index in [1.165, 1.54) is 0 Å². The predicted octanol–water partition coefficient (Wildman–Crippen LogP) is 0.929. The summed E-state index contributed by atoms with van der Waals surface area (Å²) < 4.78 is 27.1. The second-order valence-corrected chi connectivity index (χ2v) is 7.41. The number of anilines is 1. The van der Waals surface area contributed by atoms with Crippen molar-refractivity contribution in [3.8, 4) is 11.8 Å². The third kappa shape index (κ3) is 3.43. The van der Waals surface area contributed by atoms with Crippen LogP contribution in [-0.4, -0.2) is 40.1 Å². The SMILES string of the molecule is CC#CC1CNCCN1c1ccc(S(=O)(=O)NC2CC2)cc1. The van der Waals surface area contributed by atoms with Crippen LogP contribution in [0.4, 0.5) is 5.69 Å². The molecule has 118 valence electrons. The number of piperazine rings is 1. The van der Waals surface area contributed by atoms with E-state index < -0.39 is 10.0 Å². The van der Waals surface area contributed by atoms with Crippen molar-refractivity contribution in [2.24, 2.45) is 0 Å². The molecule has 5 nitrogen and oxygen atoms in total. The molecule has 0 spiro atoms. The fraction of sp³-hybridized carbons (Fsp3) is 0.500. The zero-order valence-electron chi connectivity index (χ0n) is 12.7. The quantitative estimate of drug-likeness (QED) is 0.811. The Morgan fingerprint density at radius 2 is 2.00 bits per heavy atom. The Hall–Kier alpha value is -1.55. The number of sulfonamides is 1. The Morgan fingerprint density at radius 3 is 2.64 bits per heavy atom. The molecule has 1 unspecified atom stereocenters. The zero-order valence-corrected chi connectivity index (χ0v) is 13.5. The Labute approximate surface area is 132 Å². The summed E-state index contributed by atoms with van der Waals surface area (Å²) in [6.45, 7) is 4.44. The van der Waals surface area contributed by atoms with E-state index in [0.29, 0.717) is 4.90 Å². The molecule has 1 saturated carbocycles. The molecule has 22 heavy (non-hydrogen) atoms. The molecule has 0 amide bonds. The Kier molecular flexibility index (Phi) is 4.39. The average Bonchev–Trinajstić information content (AvgIpc) is 3.32. The standard InChI is InChI=1S/C16H21N3O2S/c1-2-3-15-12-17-10-11-19(15)14-6-8-16(9-7-14)22(20,21)18-13-4-5-13/h6-9,13,15,17-18H,4-5,10-12H2,1H3. The van der Waals surface area contributed by atoms with Crippen LogP contribution in [0.2, 0.25) is 0 Å². The fourth-order valence-corrected chi connectivity index (χ4v) is 3.92. The molecule has 2 N–H and O–H groups in total. The van der Waals surface area contributed by atoms with Crippen molar-refractivity contribution in [2.45, 2.75) is 36.7 Å². The lowest BCUT2D eigenvalue weighted by atomic mass is 10.1. The third-order valence-electron chi connectivity index (χ3n) is 3.93. The van der Waals surface area contributed by atoms with Crippen LogP contribution in [0.5, 0.6) is 0 Å². The molecular weight excluding hydrogens is 298 g/mol. The monoisotopic (exact) mass is 319 g/mol. The summed E-state index contributed by atoms with van der Waals surface area (Å²) in [5.74, 6) is 6.16. The second-order valence-electron chi connectivity index (χ2n) is 5.70. The Balaban J connectivity index is 1.79. The van der Waals surface area contributed by atoms with Gasteiger partial charge in [-0.2, -0.15) is 0 Å². The number of rotatable bonds is 4. The molecule has 1 aromatic carbocycles. The highest BCUT2D eigenvalue weighted by Crippen LogP contribution is 2.24. The molecular formula is C16H21N3O2S. The number of nitrogens with zero attached hydrogens (tertiary/aromatic N) is 1. The third-order valence-corrected chi connectivity index (χ3v) is 5.47. The van der Waals surface area contributed by atoms with Crippen molar-refractivity contribution in [2.75, 3.05) is 24.5 Å². The predicted molar refractivity (Wildman–Crippen MR) is 87.2 cm³/mol. The molecule has 1 aromatic rings. The van der Waals surface area contributed by atoms with Crippen molar-refractivity contribution in [1.29, 1.82) is 0 Å². The number of hydrogen-bond acceptors (Lipinski definition) is 4. The van der Waals surface area contributed by atoms with Crippen molar-refractivity contribution in [3.63, 3.8) is 0 Å². The van der Waals surface area contributed by atoms with E-state index >= 15 is 0 Å². The van der Waals surface area contributed by atoms with Crippen LogP contribution in [0.15, 0.2) is 29.2 Å². The zero-order chi connectivity index (χ0) is 15.6. The van der Waals surface area contributed by atoms with Gasteiger partial charge in [0.15, 0.2) is 0 Å². The van der Waals surface area contributed by atoms with Crippen LogP contribution < -0.4 is 14.9 Å². The highest BCUT2D eigenvalue weighted by molar-refractivity contribution is 7.89. The molecule has 0 aromatic heterocycles. The van der Waals surface area contributed by atoms with E-state index in [0.717, 1.165) is 38.2 Å². The van der Waals surface area contributed by atoms with Crippen LogP contribution in [0.1, 0.15) is 19.8 Å². The smallest absolute Gasteiger partial charge is 0.240 e. The first-order valence-electron chi connectivity index (χ1n) is 7.62. The van der Waals surface area contributed by atoms with Gasteiger partial charge in [-0.25, -0.2) is 13.1 Å². The van der Waals surface area contributed by atoms with Crippen LogP contribution in [0, 0.1) is 11.8 Å². The minimum Gasteiger partial charge on any atom is -0.355 e. The first kappa shape index (κ1) is 15.3.